The van der Waals surface area contributed by atoms with Crippen molar-refractivity contribution < 1.29 is 13.9 Å². The topological polar surface area (TPSA) is 60.4 Å². The molecule has 3 rings (SSSR count). The molecule has 2 aliphatic heterocycles. The second-order valence-corrected chi connectivity index (χ2v) is 8.39. The zero-order chi connectivity index (χ0) is 22.9. The molecule has 0 bridgehead atoms. The highest BCUT2D eigenvalue weighted by Crippen LogP contribution is 2.23. The molecule has 2 saturated heterocycles. The number of rotatable bonds is 7. The molecule has 0 unspecified atom stereocenters. The molecular weight excluding hydrogens is 409 g/mol. The molecule has 0 aromatic heterocycles. The normalized spacial score (nSPS) is 18.7. The summed E-state index contributed by atoms with van der Waals surface area (Å²) in [5.41, 5.74) is 1.54. The van der Waals surface area contributed by atoms with Crippen LogP contribution in [0, 0.1) is 11.7 Å². The first-order chi connectivity index (χ1) is 15.5. The molecule has 2 heterocycles. The molecule has 178 valence electrons. The van der Waals surface area contributed by atoms with Crippen LogP contribution >= 0.6 is 0 Å². The van der Waals surface area contributed by atoms with Crippen LogP contribution in [0.5, 0.6) is 0 Å². The molecule has 0 saturated carbocycles. The molecule has 1 N–H and O–H groups in total. The van der Waals surface area contributed by atoms with E-state index >= 15 is 0 Å². The Labute approximate surface area is 191 Å². The minimum absolute atomic E-state index is 0.0325. The lowest BCUT2D eigenvalue weighted by Gasteiger charge is -2.35. The molecule has 7 nitrogen and oxygen atoms in total. The van der Waals surface area contributed by atoms with Crippen molar-refractivity contribution in [1.29, 1.82) is 0 Å². The van der Waals surface area contributed by atoms with Gasteiger partial charge in [0.2, 0.25) is 0 Å². The number of hydrogen-bond acceptors (Lipinski definition) is 5. The van der Waals surface area contributed by atoms with E-state index in [2.05, 4.69) is 26.9 Å². The second-order valence-electron chi connectivity index (χ2n) is 8.39. The summed E-state index contributed by atoms with van der Waals surface area (Å²) < 4.78 is 20.0. The molecular formula is C24H38FN5O2. The number of nitrogens with zero attached hydrogens (tertiary/aromatic N) is 4. The highest BCUT2D eigenvalue weighted by molar-refractivity contribution is 5.80. The van der Waals surface area contributed by atoms with Gasteiger partial charge in [-0.3, -0.25) is 4.79 Å². The Bertz CT molecular complexity index is 772. The van der Waals surface area contributed by atoms with Crippen LogP contribution in [0.1, 0.15) is 39.2 Å². The van der Waals surface area contributed by atoms with Gasteiger partial charge in [-0.2, -0.15) is 0 Å². The summed E-state index contributed by atoms with van der Waals surface area (Å²) in [5.74, 6) is 0.508. The van der Waals surface area contributed by atoms with E-state index < -0.39 is 0 Å². The molecule has 2 aliphatic rings. The Hall–Kier alpha value is -2.35. The van der Waals surface area contributed by atoms with Crippen molar-refractivity contribution in [2.75, 3.05) is 63.9 Å². The fourth-order valence-corrected chi connectivity index (χ4v) is 4.39. The van der Waals surface area contributed by atoms with Gasteiger partial charge in [0, 0.05) is 45.8 Å². The predicted molar refractivity (Wildman–Crippen MR) is 126 cm³/mol. The number of aliphatic imine (C=N–C) groups is 1. The number of hydrogen-bond donors (Lipinski definition) is 1. The first-order valence-electron chi connectivity index (χ1n) is 12.0. The molecule has 32 heavy (non-hydrogen) atoms. The van der Waals surface area contributed by atoms with Crippen molar-refractivity contribution in [2.24, 2.45) is 10.9 Å². The number of carbonyl (C=O) groups is 1. The van der Waals surface area contributed by atoms with E-state index in [4.69, 9.17) is 9.73 Å². The average Bonchev–Trinajstić information content (AvgIpc) is 2.82. The maximum atomic E-state index is 14.8. The van der Waals surface area contributed by atoms with Crippen LogP contribution in [0.25, 0.3) is 0 Å². The largest absolute Gasteiger partial charge is 0.466 e. The van der Waals surface area contributed by atoms with Crippen molar-refractivity contribution >= 4 is 17.6 Å². The maximum Gasteiger partial charge on any atom is 0.309 e. The summed E-state index contributed by atoms with van der Waals surface area (Å²) in [4.78, 5) is 23.4. The van der Waals surface area contributed by atoms with Crippen molar-refractivity contribution in [3.8, 4) is 0 Å². The number of nitrogens with one attached hydrogen (secondary N) is 1. The summed E-state index contributed by atoms with van der Waals surface area (Å²) in [6, 6.07) is 5.48. The monoisotopic (exact) mass is 447 g/mol. The Morgan fingerprint density at radius 3 is 2.44 bits per heavy atom. The highest BCUT2D eigenvalue weighted by atomic mass is 19.1. The Morgan fingerprint density at radius 1 is 1.12 bits per heavy atom. The van der Waals surface area contributed by atoms with Crippen LogP contribution in [0.15, 0.2) is 23.2 Å². The first kappa shape index (κ1) is 24.3. The third-order valence-electron chi connectivity index (χ3n) is 6.33. The van der Waals surface area contributed by atoms with Gasteiger partial charge in [-0.05, 0) is 50.9 Å². The summed E-state index contributed by atoms with van der Waals surface area (Å²) in [5, 5.41) is 3.33. The van der Waals surface area contributed by atoms with Crippen molar-refractivity contribution in [3.63, 3.8) is 0 Å². The maximum absolute atomic E-state index is 14.8. The van der Waals surface area contributed by atoms with Gasteiger partial charge in [0.15, 0.2) is 5.96 Å². The summed E-state index contributed by atoms with van der Waals surface area (Å²) in [6.07, 6.45) is 1.52. The van der Waals surface area contributed by atoms with Crippen LogP contribution in [-0.4, -0.2) is 80.7 Å². The molecule has 0 aliphatic carbocycles. The van der Waals surface area contributed by atoms with E-state index in [1.54, 1.807) is 6.07 Å². The molecule has 8 heteroatoms. The number of guanidine groups is 1. The van der Waals surface area contributed by atoms with Crippen LogP contribution in [-0.2, 0) is 16.1 Å². The van der Waals surface area contributed by atoms with Gasteiger partial charge >= 0.3 is 5.97 Å². The summed E-state index contributed by atoms with van der Waals surface area (Å²) >= 11 is 0. The third kappa shape index (κ3) is 6.34. The van der Waals surface area contributed by atoms with Gasteiger partial charge in [0.05, 0.1) is 24.8 Å². The van der Waals surface area contributed by atoms with Crippen molar-refractivity contribution in [1.82, 2.24) is 15.1 Å². The number of benzene rings is 1. The Morgan fingerprint density at radius 2 is 1.84 bits per heavy atom. The van der Waals surface area contributed by atoms with Crippen LogP contribution in [0.4, 0.5) is 10.1 Å². The van der Waals surface area contributed by atoms with E-state index in [0.717, 1.165) is 76.7 Å². The molecule has 0 amide bonds. The number of likely N-dealkylation sites (N-methyl/N-ethyl adjacent to an activating group) is 1. The molecule has 0 radical (unpaired) electrons. The molecule has 1 aromatic rings. The Kier molecular flexibility index (Phi) is 9.14. The van der Waals surface area contributed by atoms with Gasteiger partial charge in [-0.15, -0.1) is 0 Å². The lowest BCUT2D eigenvalue weighted by molar-refractivity contribution is -0.149. The van der Waals surface area contributed by atoms with Crippen LogP contribution < -0.4 is 10.2 Å². The van der Waals surface area contributed by atoms with Crippen molar-refractivity contribution in [3.05, 3.63) is 29.6 Å². The quantitative estimate of drug-likeness (QED) is 0.394. The highest BCUT2D eigenvalue weighted by Gasteiger charge is 2.27. The molecule has 1 aromatic carbocycles. The van der Waals surface area contributed by atoms with E-state index in [1.165, 1.54) is 0 Å². The average molecular weight is 448 g/mol. The van der Waals surface area contributed by atoms with Gasteiger partial charge in [0.1, 0.15) is 5.82 Å². The molecule has 2 fully saturated rings. The standard InChI is InChI=1S/C24H38FN5O2/c1-4-26-24(30-11-9-20(10-12-30)23(31)32-6-3)27-18-19-7-8-22(21(25)17-19)29-15-13-28(5-2)14-16-29/h7-8,17,20H,4-6,9-16,18H2,1-3H3,(H,26,27). The summed E-state index contributed by atoms with van der Waals surface area (Å²) in [6.45, 7) is 13.8. The minimum atomic E-state index is -0.178. The minimum Gasteiger partial charge on any atom is -0.466 e. The zero-order valence-electron chi connectivity index (χ0n) is 19.8. The van der Waals surface area contributed by atoms with Crippen LogP contribution in [0.3, 0.4) is 0 Å². The van der Waals surface area contributed by atoms with E-state index in [9.17, 15) is 9.18 Å². The fraction of sp³-hybridized carbons (Fsp3) is 0.667. The lowest BCUT2D eigenvalue weighted by Crippen LogP contribution is -2.46. The van der Waals surface area contributed by atoms with E-state index in [0.29, 0.717) is 18.8 Å². The van der Waals surface area contributed by atoms with E-state index in [1.807, 2.05) is 26.0 Å². The first-order valence-corrected chi connectivity index (χ1v) is 12.0. The molecule has 0 atom stereocenters. The van der Waals surface area contributed by atoms with Gasteiger partial charge in [-0.1, -0.05) is 13.0 Å². The van der Waals surface area contributed by atoms with Crippen LogP contribution in [0.2, 0.25) is 0 Å². The van der Waals surface area contributed by atoms with Gasteiger partial charge in [-0.25, -0.2) is 9.38 Å². The zero-order valence-corrected chi connectivity index (χ0v) is 19.8. The van der Waals surface area contributed by atoms with E-state index in [-0.39, 0.29) is 17.7 Å². The number of esters is 1. The smallest absolute Gasteiger partial charge is 0.309 e. The summed E-state index contributed by atoms with van der Waals surface area (Å²) in [7, 11) is 0. The number of ether oxygens (including phenoxy) is 1. The van der Waals surface area contributed by atoms with Gasteiger partial charge in [0.25, 0.3) is 0 Å². The third-order valence-corrected chi connectivity index (χ3v) is 6.33. The Balaban J connectivity index is 1.59. The second kappa shape index (κ2) is 12.0. The predicted octanol–water partition coefficient (Wildman–Crippen LogP) is 2.71. The van der Waals surface area contributed by atoms with Crippen molar-refractivity contribution in [2.45, 2.75) is 40.2 Å². The number of likely N-dealkylation sites (tertiary alicyclic amines) is 1. The SMILES string of the molecule is CCNC(=NCc1ccc(N2CCN(CC)CC2)c(F)c1)N1CCC(C(=O)OCC)CC1. The number of piperazine rings is 1. The van der Waals surface area contributed by atoms with Gasteiger partial charge < -0.3 is 24.8 Å². The number of halogens is 1. The number of piperidine rings is 1. The lowest BCUT2D eigenvalue weighted by atomic mass is 9.97. The number of carbonyl (C=O) groups excluding carboxylic acids is 1. The fourth-order valence-electron chi connectivity index (χ4n) is 4.39. The number of anilines is 1. The molecule has 0 spiro atoms.